The molecule has 6 heteroatoms. The Balaban J connectivity index is 1.81. The lowest BCUT2D eigenvalue weighted by Gasteiger charge is -2.33. The summed E-state index contributed by atoms with van der Waals surface area (Å²) in [4.78, 5) is 26.4. The minimum atomic E-state index is -1.06. The van der Waals surface area contributed by atoms with Gasteiger partial charge in [0.15, 0.2) is 0 Å². The van der Waals surface area contributed by atoms with E-state index in [-0.39, 0.29) is 17.2 Å². The summed E-state index contributed by atoms with van der Waals surface area (Å²) in [5.41, 5.74) is 1.69. The molecule has 0 aliphatic carbocycles. The van der Waals surface area contributed by atoms with E-state index in [9.17, 15) is 14.7 Å². The van der Waals surface area contributed by atoms with Crippen LogP contribution in [0.3, 0.4) is 0 Å². The highest BCUT2D eigenvalue weighted by molar-refractivity contribution is 6.08. The molecule has 1 atom stereocenters. The molecular weight excluding hydrogens is 344 g/mol. The Labute approximate surface area is 158 Å². The van der Waals surface area contributed by atoms with Gasteiger partial charge in [-0.3, -0.25) is 4.79 Å². The number of aromatic carboxylic acids is 1. The van der Waals surface area contributed by atoms with E-state index in [0.717, 1.165) is 25.2 Å². The third-order valence-electron chi connectivity index (χ3n) is 4.86. The van der Waals surface area contributed by atoms with Gasteiger partial charge in [0.1, 0.15) is 5.75 Å². The topological polar surface area (TPSA) is 78.9 Å². The van der Waals surface area contributed by atoms with E-state index < -0.39 is 5.97 Å². The van der Waals surface area contributed by atoms with E-state index in [0.29, 0.717) is 17.2 Å². The number of amides is 1. The predicted molar refractivity (Wildman–Crippen MR) is 105 cm³/mol. The monoisotopic (exact) mass is 368 g/mol. The number of carbonyl (C=O) groups is 2. The van der Waals surface area contributed by atoms with Crippen LogP contribution in [-0.4, -0.2) is 37.2 Å². The van der Waals surface area contributed by atoms with E-state index in [2.05, 4.69) is 17.1 Å². The normalized spacial score (nSPS) is 16.7. The smallest absolute Gasteiger partial charge is 0.337 e. The van der Waals surface area contributed by atoms with Crippen LogP contribution in [0.25, 0.3) is 0 Å². The molecule has 6 nitrogen and oxygen atoms in total. The van der Waals surface area contributed by atoms with Crippen LogP contribution in [0.4, 0.5) is 11.4 Å². The number of hydrogen-bond acceptors (Lipinski definition) is 4. The van der Waals surface area contributed by atoms with Gasteiger partial charge in [0, 0.05) is 24.3 Å². The van der Waals surface area contributed by atoms with Crippen LogP contribution in [0.5, 0.6) is 5.75 Å². The van der Waals surface area contributed by atoms with Crippen molar-refractivity contribution in [1.29, 1.82) is 0 Å². The average molecular weight is 368 g/mol. The predicted octanol–water partition coefficient (Wildman–Crippen LogP) is 3.88. The Kier molecular flexibility index (Phi) is 5.64. The van der Waals surface area contributed by atoms with Gasteiger partial charge in [-0.05, 0) is 61.2 Å². The molecule has 0 spiro atoms. The van der Waals surface area contributed by atoms with E-state index in [1.807, 2.05) is 6.07 Å². The quantitative estimate of drug-likeness (QED) is 0.837. The molecule has 3 rings (SSSR count). The largest absolute Gasteiger partial charge is 0.497 e. The fraction of sp³-hybridized carbons (Fsp3) is 0.333. The number of anilines is 2. The Hall–Kier alpha value is -3.02. The number of rotatable bonds is 5. The number of carboxylic acid groups (broad SMARTS) is 1. The zero-order valence-corrected chi connectivity index (χ0v) is 15.6. The Morgan fingerprint density at radius 1 is 1.19 bits per heavy atom. The summed E-state index contributed by atoms with van der Waals surface area (Å²) >= 11 is 0. The molecule has 1 saturated heterocycles. The van der Waals surface area contributed by atoms with Crippen LogP contribution in [0.15, 0.2) is 42.5 Å². The minimum absolute atomic E-state index is 0.0904. The van der Waals surface area contributed by atoms with Crippen molar-refractivity contribution >= 4 is 23.3 Å². The fourth-order valence-electron chi connectivity index (χ4n) is 3.38. The third-order valence-corrected chi connectivity index (χ3v) is 4.86. The van der Waals surface area contributed by atoms with Gasteiger partial charge in [-0.15, -0.1) is 0 Å². The van der Waals surface area contributed by atoms with Crippen molar-refractivity contribution in [2.24, 2.45) is 5.92 Å². The van der Waals surface area contributed by atoms with E-state index in [1.54, 1.807) is 43.5 Å². The van der Waals surface area contributed by atoms with Gasteiger partial charge in [0.25, 0.3) is 5.91 Å². The molecule has 142 valence electrons. The van der Waals surface area contributed by atoms with Crippen molar-refractivity contribution in [1.82, 2.24) is 0 Å². The Bertz CT molecular complexity index is 833. The van der Waals surface area contributed by atoms with Crippen LogP contribution in [0, 0.1) is 5.92 Å². The van der Waals surface area contributed by atoms with Gasteiger partial charge in [0.05, 0.1) is 18.4 Å². The molecule has 0 saturated carbocycles. The molecular formula is C21H24N2O4. The highest BCUT2D eigenvalue weighted by Gasteiger charge is 2.20. The molecule has 0 unspecified atom stereocenters. The molecule has 1 aliphatic heterocycles. The standard InChI is InChI=1S/C21H24N2O4/c1-14-4-3-11-23(13-14)16-7-10-19(18(12-16)21(25)26)22-20(24)15-5-8-17(27-2)9-6-15/h5-10,12,14H,3-4,11,13H2,1-2H3,(H,22,24)(H,25,26)/t14-/m1/s1. The first-order valence-corrected chi connectivity index (χ1v) is 9.05. The van der Waals surface area contributed by atoms with Crippen molar-refractivity contribution in [3.8, 4) is 5.75 Å². The van der Waals surface area contributed by atoms with E-state index in [1.165, 1.54) is 6.42 Å². The number of carboxylic acids is 1. The van der Waals surface area contributed by atoms with E-state index in [4.69, 9.17) is 4.74 Å². The number of methoxy groups -OCH3 is 1. The number of hydrogen-bond donors (Lipinski definition) is 2. The lowest BCUT2D eigenvalue weighted by molar-refractivity contribution is 0.0698. The summed E-state index contributed by atoms with van der Waals surface area (Å²) in [6.45, 7) is 4.03. The third kappa shape index (κ3) is 4.39. The summed E-state index contributed by atoms with van der Waals surface area (Å²) in [6.07, 6.45) is 2.29. The molecule has 0 bridgehead atoms. The Morgan fingerprint density at radius 3 is 2.56 bits per heavy atom. The summed E-state index contributed by atoms with van der Waals surface area (Å²) in [5, 5.41) is 12.3. The molecule has 2 aromatic carbocycles. The van der Waals surface area contributed by atoms with Gasteiger partial charge in [-0.2, -0.15) is 0 Å². The van der Waals surface area contributed by atoms with Gasteiger partial charge < -0.3 is 20.1 Å². The number of nitrogens with zero attached hydrogens (tertiary/aromatic N) is 1. The maximum absolute atomic E-state index is 12.5. The summed E-state index contributed by atoms with van der Waals surface area (Å²) in [6, 6.07) is 11.8. The minimum Gasteiger partial charge on any atom is -0.497 e. The summed E-state index contributed by atoms with van der Waals surface area (Å²) < 4.78 is 5.08. The molecule has 0 radical (unpaired) electrons. The molecule has 0 aromatic heterocycles. The van der Waals surface area contributed by atoms with E-state index >= 15 is 0 Å². The highest BCUT2D eigenvalue weighted by atomic mass is 16.5. The lowest BCUT2D eigenvalue weighted by atomic mass is 9.99. The zero-order valence-electron chi connectivity index (χ0n) is 15.6. The number of ether oxygens (including phenoxy) is 1. The number of benzene rings is 2. The first-order chi connectivity index (χ1) is 13.0. The van der Waals surface area contributed by atoms with Crippen molar-refractivity contribution in [3.63, 3.8) is 0 Å². The number of nitrogens with one attached hydrogen (secondary N) is 1. The Morgan fingerprint density at radius 2 is 1.93 bits per heavy atom. The average Bonchev–Trinajstić information content (AvgIpc) is 2.68. The summed E-state index contributed by atoms with van der Waals surface area (Å²) in [5.74, 6) is -0.189. The molecule has 1 aliphatic rings. The van der Waals surface area contributed by atoms with Crippen LogP contribution in [-0.2, 0) is 0 Å². The first kappa shape index (κ1) is 18.8. The van der Waals surface area contributed by atoms with Crippen molar-refractivity contribution < 1.29 is 19.4 Å². The number of carbonyl (C=O) groups excluding carboxylic acids is 1. The molecule has 1 heterocycles. The second-order valence-electron chi connectivity index (χ2n) is 6.91. The van der Waals surface area contributed by atoms with Gasteiger partial charge in [-0.25, -0.2) is 4.79 Å². The first-order valence-electron chi connectivity index (χ1n) is 9.05. The second-order valence-corrected chi connectivity index (χ2v) is 6.91. The van der Waals surface area contributed by atoms with Crippen molar-refractivity contribution in [3.05, 3.63) is 53.6 Å². The molecule has 27 heavy (non-hydrogen) atoms. The van der Waals surface area contributed by atoms with Gasteiger partial charge in [-0.1, -0.05) is 6.92 Å². The second kappa shape index (κ2) is 8.12. The maximum atomic E-state index is 12.5. The molecule has 2 N–H and O–H groups in total. The van der Waals surface area contributed by atoms with Crippen LogP contribution in [0.2, 0.25) is 0 Å². The van der Waals surface area contributed by atoms with Crippen LogP contribution in [0.1, 0.15) is 40.5 Å². The van der Waals surface area contributed by atoms with Crippen molar-refractivity contribution in [2.45, 2.75) is 19.8 Å². The highest BCUT2D eigenvalue weighted by Crippen LogP contribution is 2.28. The van der Waals surface area contributed by atoms with Crippen LogP contribution >= 0.6 is 0 Å². The van der Waals surface area contributed by atoms with Gasteiger partial charge >= 0.3 is 5.97 Å². The zero-order chi connectivity index (χ0) is 19.4. The molecule has 1 amide bonds. The maximum Gasteiger partial charge on any atom is 0.337 e. The lowest BCUT2D eigenvalue weighted by Crippen LogP contribution is -2.34. The SMILES string of the molecule is COc1ccc(C(=O)Nc2ccc(N3CCC[C@@H](C)C3)cc2C(=O)O)cc1. The fourth-order valence-corrected chi connectivity index (χ4v) is 3.38. The molecule has 2 aromatic rings. The summed E-state index contributed by atoms with van der Waals surface area (Å²) in [7, 11) is 1.55. The van der Waals surface area contributed by atoms with Crippen molar-refractivity contribution in [2.75, 3.05) is 30.4 Å². The molecule has 1 fully saturated rings. The van der Waals surface area contributed by atoms with Crippen LogP contribution < -0.4 is 15.0 Å². The number of piperidine rings is 1. The van der Waals surface area contributed by atoms with Gasteiger partial charge in [0.2, 0.25) is 0 Å².